The lowest BCUT2D eigenvalue weighted by Gasteiger charge is -2.19. The van der Waals surface area contributed by atoms with E-state index < -0.39 is 17.9 Å². The molecule has 1 amide bonds. The average molecular weight is 322 g/mol. The predicted molar refractivity (Wildman–Crippen MR) is 82.3 cm³/mol. The van der Waals surface area contributed by atoms with Gasteiger partial charge in [0, 0.05) is 12.3 Å². The van der Waals surface area contributed by atoms with Crippen molar-refractivity contribution in [3.63, 3.8) is 0 Å². The van der Waals surface area contributed by atoms with Gasteiger partial charge < -0.3 is 19.9 Å². The van der Waals surface area contributed by atoms with Crippen LogP contribution in [0.2, 0.25) is 0 Å². The third-order valence-electron chi connectivity index (χ3n) is 3.83. The maximum Gasteiger partial charge on any atom is 0.328 e. The summed E-state index contributed by atoms with van der Waals surface area (Å²) in [6.45, 7) is 1.84. The first-order chi connectivity index (χ1) is 11.0. The van der Waals surface area contributed by atoms with Crippen molar-refractivity contribution in [2.45, 2.75) is 51.2 Å². The topological polar surface area (TPSA) is 97.8 Å². The zero-order chi connectivity index (χ0) is 16.8. The number of amides is 1. The van der Waals surface area contributed by atoms with Gasteiger partial charge in [-0.3, -0.25) is 4.79 Å². The number of rotatable bonds is 3. The Morgan fingerprint density at radius 1 is 1.39 bits per heavy atom. The van der Waals surface area contributed by atoms with Gasteiger partial charge in [0.1, 0.15) is 6.04 Å². The van der Waals surface area contributed by atoms with Gasteiger partial charge in [0.15, 0.2) is 17.2 Å². The van der Waals surface area contributed by atoms with Crippen LogP contribution in [0, 0.1) is 0 Å². The minimum Gasteiger partial charge on any atom is -0.503 e. The fourth-order valence-corrected chi connectivity index (χ4v) is 2.54. The summed E-state index contributed by atoms with van der Waals surface area (Å²) >= 11 is 0. The second-order valence-electron chi connectivity index (χ2n) is 5.62. The van der Waals surface area contributed by atoms with Crippen molar-refractivity contribution in [2.24, 2.45) is 0 Å². The molecule has 0 bridgehead atoms. The molecule has 2 rings (SSSR count). The fourth-order valence-electron chi connectivity index (χ4n) is 2.54. The van der Waals surface area contributed by atoms with E-state index >= 15 is 0 Å². The molecule has 126 valence electrons. The van der Waals surface area contributed by atoms with Crippen LogP contribution in [0.25, 0.3) is 0 Å². The SMILES string of the molecule is COc1ccnc(C(=O)N[C@H]2CCCCCC(C)OC2=O)c1O. The molecule has 1 fully saturated rings. The van der Waals surface area contributed by atoms with E-state index in [0.717, 1.165) is 25.7 Å². The molecule has 1 aliphatic heterocycles. The quantitative estimate of drug-likeness (QED) is 0.823. The molecule has 1 aromatic rings. The average Bonchev–Trinajstić information content (AvgIpc) is 2.59. The van der Waals surface area contributed by atoms with Gasteiger partial charge in [-0.2, -0.15) is 0 Å². The van der Waals surface area contributed by atoms with E-state index in [1.165, 1.54) is 19.4 Å². The molecule has 7 nitrogen and oxygen atoms in total. The van der Waals surface area contributed by atoms with Crippen molar-refractivity contribution in [1.29, 1.82) is 0 Å². The van der Waals surface area contributed by atoms with Crippen LogP contribution in [0.1, 0.15) is 49.5 Å². The van der Waals surface area contributed by atoms with Crippen LogP contribution >= 0.6 is 0 Å². The van der Waals surface area contributed by atoms with Crippen LogP contribution in [0.4, 0.5) is 0 Å². The maximum atomic E-state index is 12.3. The number of hydrogen-bond acceptors (Lipinski definition) is 6. The van der Waals surface area contributed by atoms with E-state index in [1.54, 1.807) is 0 Å². The number of nitrogens with zero attached hydrogens (tertiary/aromatic N) is 1. The van der Waals surface area contributed by atoms with Crippen LogP contribution < -0.4 is 10.1 Å². The minimum atomic E-state index is -0.740. The molecule has 2 atom stereocenters. The molecule has 0 saturated carbocycles. The van der Waals surface area contributed by atoms with Gasteiger partial charge in [0.25, 0.3) is 5.91 Å². The Balaban J connectivity index is 2.12. The maximum absolute atomic E-state index is 12.3. The Morgan fingerprint density at radius 2 is 2.13 bits per heavy atom. The number of nitrogens with one attached hydrogen (secondary N) is 1. The zero-order valence-corrected chi connectivity index (χ0v) is 13.4. The number of aromatic hydroxyl groups is 1. The van der Waals surface area contributed by atoms with Crippen molar-refractivity contribution in [1.82, 2.24) is 10.3 Å². The summed E-state index contributed by atoms with van der Waals surface area (Å²) < 4.78 is 10.3. The van der Waals surface area contributed by atoms with E-state index in [-0.39, 0.29) is 23.3 Å². The Labute approximate surface area is 135 Å². The van der Waals surface area contributed by atoms with Crippen molar-refractivity contribution in [2.75, 3.05) is 7.11 Å². The number of carbonyl (C=O) groups excluding carboxylic acids is 2. The molecule has 0 spiro atoms. The van der Waals surface area contributed by atoms with Crippen molar-refractivity contribution in [3.05, 3.63) is 18.0 Å². The second kappa shape index (κ2) is 7.80. The monoisotopic (exact) mass is 322 g/mol. The summed E-state index contributed by atoms with van der Waals surface area (Å²) in [5.74, 6) is -1.28. The van der Waals surface area contributed by atoms with Gasteiger partial charge in [0.2, 0.25) is 0 Å². The Kier molecular flexibility index (Phi) is 5.78. The highest BCUT2D eigenvalue weighted by atomic mass is 16.5. The van der Waals surface area contributed by atoms with E-state index in [4.69, 9.17) is 9.47 Å². The van der Waals surface area contributed by atoms with Crippen LogP contribution in [-0.4, -0.2) is 41.2 Å². The third kappa shape index (κ3) is 4.34. The van der Waals surface area contributed by atoms with Gasteiger partial charge in [0.05, 0.1) is 13.2 Å². The molecule has 1 aliphatic rings. The van der Waals surface area contributed by atoms with E-state index in [9.17, 15) is 14.7 Å². The standard InChI is InChI=1S/C16H22N2O5/c1-10-6-4-3-5-7-11(16(21)23-10)18-15(20)13-14(19)12(22-2)8-9-17-13/h8-11,19H,3-7H2,1-2H3,(H,18,20)/t10?,11-/m0/s1. The normalized spacial score (nSPS) is 22.3. The third-order valence-corrected chi connectivity index (χ3v) is 3.83. The lowest BCUT2D eigenvalue weighted by Crippen LogP contribution is -2.42. The fraction of sp³-hybridized carbons (Fsp3) is 0.562. The molecule has 0 aromatic carbocycles. The van der Waals surface area contributed by atoms with Gasteiger partial charge in [-0.15, -0.1) is 0 Å². The Bertz CT molecular complexity index is 576. The highest BCUT2D eigenvalue weighted by molar-refractivity contribution is 5.97. The largest absolute Gasteiger partial charge is 0.503 e. The number of ether oxygens (including phenoxy) is 2. The van der Waals surface area contributed by atoms with Crippen LogP contribution in [-0.2, 0) is 9.53 Å². The molecular weight excluding hydrogens is 300 g/mol. The first kappa shape index (κ1) is 17.1. The minimum absolute atomic E-state index is 0.149. The first-order valence-corrected chi connectivity index (χ1v) is 7.76. The van der Waals surface area contributed by atoms with E-state index in [2.05, 4.69) is 10.3 Å². The van der Waals surface area contributed by atoms with E-state index in [0.29, 0.717) is 6.42 Å². The number of methoxy groups -OCH3 is 1. The number of cyclic esters (lactones) is 1. The molecule has 0 radical (unpaired) electrons. The molecule has 0 aliphatic carbocycles. The molecule has 1 unspecified atom stereocenters. The summed E-state index contributed by atoms with van der Waals surface area (Å²) in [5.41, 5.74) is -0.176. The lowest BCUT2D eigenvalue weighted by molar-refractivity contribution is -0.150. The predicted octanol–water partition coefficient (Wildman–Crippen LogP) is 1.79. The first-order valence-electron chi connectivity index (χ1n) is 7.76. The Morgan fingerprint density at radius 3 is 2.87 bits per heavy atom. The van der Waals surface area contributed by atoms with Crippen molar-refractivity contribution in [3.8, 4) is 11.5 Å². The number of esters is 1. The number of pyridine rings is 1. The number of aromatic nitrogens is 1. The molecule has 7 heteroatoms. The molecule has 1 aromatic heterocycles. The zero-order valence-electron chi connectivity index (χ0n) is 13.4. The van der Waals surface area contributed by atoms with E-state index in [1.807, 2.05) is 6.92 Å². The highest BCUT2D eigenvalue weighted by Crippen LogP contribution is 2.27. The summed E-state index contributed by atoms with van der Waals surface area (Å²) in [6, 6.07) is 0.706. The van der Waals surface area contributed by atoms with Crippen molar-refractivity contribution >= 4 is 11.9 Å². The van der Waals surface area contributed by atoms with Gasteiger partial charge in [-0.05, 0) is 26.2 Å². The molecule has 23 heavy (non-hydrogen) atoms. The van der Waals surface area contributed by atoms with Gasteiger partial charge in [-0.1, -0.05) is 12.8 Å². The highest BCUT2D eigenvalue weighted by Gasteiger charge is 2.27. The molecule has 1 saturated heterocycles. The summed E-state index contributed by atoms with van der Waals surface area (Å²) in [4.78, 5) is 28.3. The summed E-state index contributed by atoms with van der Waals surface area (Å²) in [5, 5.41) is 12.6. The molecular formula is C16H22N2O5. The van der Waals surface area contributed by atoms with Crippen LogP contribution in [0.15, 0.2) is 12.3 Å². The Hall–Kier alpha value is -2.31. The lowest BCUT2D eigenvalue weighted by atomic mass is 10.1. The van der Waals surface area contributed by atoms with Crippen LogP contribution in [0.3, 0.4) is 0 Å². The molecule has 2 N–H and O–H groups in total. The number of hydrogen-bond donors (Lipinski definition) is 2. The molecule has 2 heterocycles. The summed E-state index contributed by atoms with van der Waals surface area (Å²) in [7, 11) is 1.38. The smallest absolute Gasteiger partial charge is 0.328 e. The van der Waals surface area contributed by atoms with Gasteiger partial charge >= 0.3 is 5.97 Å². The number of carbonyl (C=O) groups is 2. The summed E-state index contributed by atoms with van der Waals surface area (Å²) in [6.07, 6.45) is 5.32. The van der Waals surface area contributed by atoms with Crippen LogP contribution in [0.5, 0.6) is 11.5 Å². The van der Waals surface area contributed by atoms with Gasteiger partial charge in [-0.25, -0.2) is 9.78 Å². The second-order valence-corrected chi connectivity index (χ2v) is 5.62. The van der Waals surface area contributed by atoms with Crippen molar-refractivity contribution < 1.29 is 24.2 Å².